The molecule has 0 bridgehead atoms. The first kappa shape index (κ1) is 21.1. The molecule has 0 aromatic heterocycles. The van der Waals surface area contributed by atoms with Crippen LogP contribution < -0.4 is 4.74 Å². The van der Waals surface area contributed by atoms with Gasteiger partial charge in [0.1, 0.15) is 18.1 Å². The van der Waals surface area contributed by atoms with Crippen LogP contribution in [-0.4, -0.2) is 45.0 Å². The highest BCUT2D eigenvalue weighted by molar-refractivity contribution is 6.48. The minimum atomic E-state index is -0.995. The topological polar surface area (TPSA) is 48.0 Å². The number of cyclic esters (lactones) is 1. The molecule has 5 nitrogen and oxygen atoms in total. The van der Waals surface area contributed by atoms with Crippen molar-refractivity contribution in [2.24, 2.45) is 5.41 Å². The zero-order valence-electron chi connectivity index (χ0n) is 16.5. The Bertz CT molecular complexity index is 634. The fraction of sp³-hybridized carbons (Fsp3) is 0.632. The molecule has 0 spiro atoms. The lowest BCUT2D eigenvalue weighted by molar-refractivity contribution is -0.0663. The number of carbonyl (C=O) groups is 1. The molecule has 2 rings (SSSR count). The smallest absolute Gasteiger partial charge is 0.412 e. The van der Waals surface area contributed by atoms with E-state index in [1.807, 2.05) is 19.1 Å². The number of halogens is 1. The largest absolute Gasteiger partial charge is 0.490 e. The highest BCUT2D eigenvalue weighted by Crippen LogP contribution is 2.35. The number of hydrogen-bond donors (Lipinski definition) is 0. The lowest BCUT2D eigenvalue weighted by atomic mass is 9.86. The van der Waals surface area contributed by atoms with E-state index in [4.69, 9.17) is 25.5 Å². The maximum Gasteiger partial charge on any atom is 0.412 e. The summed E-state index contributed by atoms with van der Waals surface area (Å²) in [6.45, 7) is 13.3. The molecule has 1 fully saturated rings. The highest BCUT2D eigenvalue weighted by atomic mass is 35.5. The molecule has 2 atom stereocenters. The van der Waals surface area contributed by atoms with Crippen LogP contribution in [0.15, 0.2) is 24.3 Å². The average Bonchev–Trinajstić information content (AvgIpc) is 2.84. The molecule has 1 aliphatic heterocycles. The van der Waals surface area contributed by atoms with Crippen molar-refractivity contribution in [3.63, 3.8) is 0 Å². The van der Waals surface area contributed by atoms with Gasteiger partial charge in [-0.15, -0.1) is 0 Å². The van der Waals surface area contributed by atoms with Crippen molar-refractivity contribution in [3.05, 3.63) is 29.3 Å². The van der Waals surface area contributed by atoms with E-state index in [1.54, 1.807) is 17.0 Å². The first-order chi connectivity index (χ1) is 12.0. The summed E-state index contributed by atoms with van der Waals surface area (Å²) < 4.78 is 17.5. The summed E-state index contributed by atoms with van der Waals surface area (Å²) in [5.41, 5.74) is -0.667. The van der Waals surface area contributed by atoms with Gasteiger partial charge in [0.2, 0.25) is 9.04 Å². The minimum absolute atomic E-state index is 0.0156. The van der Waals surface area contributed by atoms with Gasteiger partial charge >= 0.3 is 6.09 Å². The number of hydrogen-bond acceptors (Lipinski definition) is 4. The summed E-state index contributed by atoms with van der Waals surface area (Å²) in [6, 6.07) is 7.18. The first-order valence-electron chi connectivity index (χ1n) is 8.84. The lowest BCUT2D eigenvalue weighted by Gasteiger charge is -2.42. The second-order valence-electron chi connectivity index (χ2n) is 8.31. The van der Waals surface area contributed by atoms with E-state index in [0.29, 0.717) is 17.3 Å². The zero-order valence-corrected chi connectivity index (χ0v) is 18.2. The summed E-state index contributed by atoms with van der Waals surface area (Å²) in [7, 11) is -0.995. The van der Waals surface area contributed by atoms with Gasteiger partial charge in [0.25, 0.3) is 0 Å². The molecule has 0 N–H and O–H groups in total. The Morgan fingerprint density at radius 3 is 2.58 bits per heavy atom. The Hall–Kier alpha value is -1.24. The van der Waals surface area contributed by atoms with Crippen LogP contribution in [-0.2, 0) is 9.16 Å². The molecular formula is C19H29ClNO4Si. The molecule has 0 saturated carbocycles. The lowest BCUT2D eigenvalue weighted by Crippen LogP contribution is -2.53. The van der Waals surface area contributed by atoms with Crippen LogP contribution in [0.25, 0.3) is 0 Å². The van der Waals surface area contributed by atoms with Crippen molar-refractivity contribution < 1.29 is 18.7 Å². The Balaban J connectivity index is 2.05. The van der Waals surface area contributed by atoms with Crippen LogP contribution in [0.1, 0.15) is 34.1 Å². The molecule has 2 unspecified atom stereocenters. The van der Waals surface area contributed by atoms with Gasteiger partial charge in [-0.05, 0) is 50.1 Å². The molecule has 0 aliphatic carbocycles. The van der Waals surface area contributed by atoms with Gasteiger partial charge in [-0.1, -0.05) is 38.4 Å². The van der Waals surface area contributed by atoms with Crippen LogP contribution in [0.4, 0.5) is 4.79 Å². The summed E-state index contributed by atoms with van der Waals surface area (Å²) >= 11 is 5.97. The number of rotatable bonds is 7. The Labute approximate surface area is 163 Å². The molecule has 1 aromatic rings. The molecule has 1 heterocycles. The Kier molecular flexibility index (Phi) is 6.63. The number of benzene rings is 1. The zero-order chi connectivity index (χ0) is 19.5. The van der Waals surface area contributed by atoms with Crippen LogP contribution in [0, 0.1) is 5.41 Å². The number of ether oxygens (including phenoxy) is 2. The summed E-state index contributed by atoms with van der Waals surface area (Å²) in [4.78, 5) is 14.2. The van der Waals surface area contributed by atoms with E-state index in [1.165, 1.54) is 0 Å². The molecule has 1 saturated heterocycles. The van der Waals surface area contributed by atoms with E-state index in [2.05, 4.69) is 33.9 Å². The highest BCUT2D eigenvalue weighted by Gasteiger charge is 2.46. The molecule has 26 heavy (non-hydrogen) atoms. The van der Waals surface area contributed by atoms with Gasteiger partial charge in [-0.3, -0.25) is 4.90 Å². The van der Waals surface area contributed by atoms with Gasteiger partial charge in [0.05, 0.1) is 6.54 Å². The Morgan fingerprint density at radius 2 is 2.00 bits per heavy atom. The summed E-state index contributed by atoms with van der Waals surface area (Å²) in [6.07, 6.45) is 0.0424. The fourth-order valence-electron chi connectivity index (χ4n) is 3.35. The molecule has 1 radical (unpaired) electrons. The first-order valence-corrected chi connectivity index (χ1v) is 11.6. The number of nitrogens with zero attached hydrogens (tertiary/aromatic N) is 1. The van der Waals surface area contributed by atoms with Crippen molar-refractivity contribution in [1.29, 1.82) is 0 Å². The van der Waals surface area contributed by atoms with Gasteiger partial charge in [0.15, 0.2) is 6.10 Å². The van der Waals surface area contributed by atoms with Crippen LogP contribution in [0.2, 0.25) is 18.1 Å². The van der Waals surface area contributed by atoms with Crippen molar-refractivity contribution in [2.45, 2.75) is 59.0 Å². The van der Waals surface area contributed by atoms with Crippen molar-refractivity contribution in [1.82, 2.24) is 4.90 Å². The van der Waals surface area contributed by atoms with Crippen molar-refractivity contribution >= 4 is 26.7 Å². The Morgan fingerprint density at radius 1 is 1.31 bits per heavy atom. The van der Waals surface area contributed by atoms with Gasteiger partial charge in [-0.25, -0.2) is 4.79 Å². The quantitative estimate of drug-likeness (QED) is 0.609. The number of amides is 1. The van der Waals surface area contributed by atoms with Crippen LogP contribution >= 0.6 is 11.6 Å². The van der Waals surface area contributed by atoms with E-state index in [9.17, 15) is 4.79 Å². The number of carbonyl (C=O) groups excluding carboxylic acids is 1. The third kappa shape index (κ3) is 5.89. The maximum atomic E-state index is 12.5. The summed E-state index contributed by atoms with van der Waals surface area (Å²) in [5.74, 6) is 0.660. The predicted molar refractivity (Wildman–Crippen MR) is 105 cm³/mol. The second-order valence-corrected chi connectivity index (χ2v) is 10.8. The third-order valence-corrected chi connectivity index (χ3v) is 5.04. The van der Waals surface area contributed by atoms with Gasteiger partial charge in [0, 0.05) is 5.02 Å². The maximum absolute atomic E-state index is 12.5. The average molecular weight is 399 g/mol. The van der Waals surface area contributed by atoms with Crippen LogP contribution in [0.5, 0.6) is 5.75 Å². The van der Waals surface area contributed by atoms with Gasteiger partial charge in [-0.2, -0.15) is 0 Å². The second kappa shape index (κ2) is 8.19. The molecule has 1 aliphatic rings. The standard InChI is InChI=1S/C19H29ClNO4Si/c1-18(2,3)13-19(4,25-26(5)6)21-11-16(24-17(21)22)12-23-15-9-7-8-14(20)10-15/h7-10,16H,11-13H2,1-6H3. The van der Waals surface area contributed by atoms with Crippen LogP contribution in [0.3, 0.4) is 0 Å². The fourth-order valence-corrected chi connectivity index (χ4v) is 4.59. The van der Waals surface area contributed by atoms with E-state index >= 15 is 0 Å². The molecule has 7 heteroatoms. The third-order valence-electron chi connectivity index (χ3n) is 3.96. The van der Waals surface area contributed by atoms with Crippen molar-refractivity contribution in [2.75, 3.05) is 13.2 Å². The van der Waals surface area contributed by atoms with Crippen molar-refractivity contribution in [3.8, 4) is 5.75 Å². The molecule has 145 valence electrons. The van der Waals surface area contributed by atoms with E-state index in [0.717, 1.165) is 6.42 Å². The monoisotopic (exact) mass is 398 g/mol. The normalized spacial score (nSPS) is 20.2. The van der Waals surface area contributed by atoms with E-state index in [-0.39, 0.29) is 24.2 Å². The molecular weight excluding hydrogens is 370 g/mol. The van der Waals surface area contributed by atoms with E-state index < -0.39 is 14.8 Å². The van der Waals surface area contributed by atoms with Gasteiger partial charge < -0.3 is 13.9 Å². The predicted octanol–water partition coefficient (Wildman–Crippen LogP) is 4.96. The summed E-state index contributed by atoms with van der Waals surface area (Å²) in [5, 5.41) is 0.610. The molecule has 1 aromatic carbocycles. The minimum Gasteiger partial charge on any atom is -0.490 e. The molecule has 1 amide bonds. The SMILES string of the molecule is C[Si](C)OC(C)(CC(C)(C)C)N1CC(COc2cccc(Cl)c2)OC1=O.